The molecule has 29 heavy (non-hydrogen) atoms. The highest BCUT2D eigenvalue weighted by Gasteiger charge is 2.19. The monoisotopic (exact) mass is 386 g/mol. The number of furan rings is 1. The average molecular weight is 386 g/mol. The van der Waals surface area contributed by atoms with Crippen molar-refractivity contribution in [3.05, 3.63) is 54.1 Å². The second-order valence-corrected chi connectivity index (χ2v) is 7.35. The van der Waals surface area contributed by atoms with E-state index in [4.69, 9.17) is 9.40 Å². The summed E-state index contributed by atoms with van der Waals surface area (Å²) >= 11 is 0. The van der Waals surface area contributed by atoms with Gasteiger partial charge in [0.2, 0.25) is 0 Å². The molecule has 0 bridgehead atoms. The van der Waals surface area contributed by atoms with Gasteiger partial charge in [0.15, 0.2) is 17.9 Å². The van der Waals surface area contributed by atoms with E-state index >= 15 is 0 Å². The lowest BCUT2D eigenvalue weighted by atomic mass is 10.1. The number of benzene rings is 2. The molecule has 146 valence electrons. The number of para-hydroxylation sites is 2. The van der Waals surface area contributed by atoms with Gasteiger partial charge in [-0.25, -0.2) is 9.97 Å². The van der Waals surface area contributed by atoms with Crippen LogP contribution in [0, 0.1) is 0 Å². The minimum Gasteiger partial charge on any atom is -0.452 e. The van der Waals surface area contributed by atoms with Crippen molar-refractivity contribution in [1.82, 2.24) is 14.9 Å². The largest absolute Gasteiger partial charge is 0.452 e. The molecule has 1 aliphatic heterocycles. The summed E-state index contributed by atoms with van der Waals surface area (Å²) in [5, 5.41) is 5.21. The van der Waals surface area contributed by atoms with Crippen LogP contribution in [0.4, 0.5) is 5.82 Å². The summed E-state index contributed by atoms with van der Waals surface area (Å²) in [6.45, 7) is 4.12. The van der Waals surface area contributed by atoms with Gasteiger partial charge in [0.1, 0.15) is 11.4 Å². The van der Waals surface area contributed by atoms with E-state index in [0.717, 1.165) is 41.5 Å². The number of hydrogen-bond donors (Lipinski definition) is 1. The van der Waals surface area contributed by atoms with E-state index < -0.39 is 0 Å². The van der Waals surface area contributed by atoms with E-state index in [9.17, 15) is 4.79 Å². The van der Waals surface area contributed by atoms with Crippen molar-refractivity contribution in [2.24, 2.45) is 0 Å². The molecule has 0 spiro atoms. The summed E-state index contributed by atoms with van der Waals surface area (Å²) in [7, 11) is 0. The Morgan fingerprint density at radius 1 is 1.00 bits per heavy atom. The Hall–Kier alpha value is -3.25. The van der Waals surface area contributed by atoms with Crippen LogP contribution >= 0.6 is 0 Å². The third kappa shape index (κ3) is 3.36. The molecular formula is C23H22N4O2. The van der Waals surface area contributed by atoms with Gasteiger partial charge in [0.25, 0.3) is 0 Å². The van der Waals surface area contributed by atoms with Crippen molar-refractivity contribution in [3.8, 4) is 11.6 Å². The zero-order valence-corrected chi connectivity index (χ0v) is 16.1. The predicted molar refractivity (Wildman–Crippen MR) is 114 cm³/mol. The molecule has 0 aliphatic carbocycles. The van der Waals surface area contributed by atoms with E-state index in [0.29, 0.717) is 22.7 Å². The zero-order valence-electron chi connectivity index (χ0n) is 16.1. The molecule has 0 radical (unpaired) electrons. The number of aldehydes is 1. The Bertz CT molecular complexity index is 1180. The number of carbonyl (C=O) groups is 1. The number of anilines is 1. The summed E-state index contributed by atoms with van der Waals surface area (Å²) in [4.78, 5) is 23.7. The normalized spacial score (nSPS) is 14.6. The minimum absolute atomic E-state index is 0.412. The fourth-order valence-electron chi connectivity index (χ4n) is 4.00. The Labute approximate surface area is 168 Å². The van der Waals surface area contributed by atoms with E-state index in [1.165, 1.54) is 25.9 Å². The second-order valence-electron chi connectivity index (χ2n) is 7.35. The van der Waals surface area contributed by atoms with Gasteiger partial charge in [-0.1, -0.05) is 30.3 Å². The van der Waals surface area contributed by atoms with Gasteiger partial charge in [-0.05, 0) is 44.1 Å². The van der Waals surface area contributed by atoms with Crippen LogP contribution in [0.2, 0.25) is 0 Å². The maximum atomic E-state index is 11.8. The molecule has 0 saturated carbocycles. The number of aromatic nitrogens is 2. The Morgan fingerprint density at radius 2 is 1.76 bits per heavy atom. The lowest BCUT2D eigenvalue weighted by Crippen LogP contribution is -2.26. The second kappa shape index (κ2) is 7.64. The molecule has 6 heteroatoms. The maximum Gasteiger partial charge on any atom is 0.199 e. The van der Waals surface area contributed by atoms with Gasteiger partial charge in [-0.15, -0.1) is 0 Å². The first-order valence-corrected chi connectivity index (χ1v) is 10.0. The van der Waals surface area contributed by atoms with Gasteiger partial charge < -0.3 is 14.6 Å². The van der Waals surface area contributed by atoms with Gasteiger partial charge in [0, 0.05) is 23.9 Å². The number of hydrogen-bond acceptors (Lipinski definition) is 6. The average Bonchev–Trinajstić information content (AvgIpc) is 3.41. The number of nitrogens with zero attached hydrogens (tertiary/aromatic N) is 3. The van der Waals surface area contributed by atoms with E-state index in [1.807, 2.05) is 48.5 Å². The first-order chi connectivity index (χ1) is 14.3. The number of nitrogens with one attached hydrogen (secondary N) is 1. The molecule has 1 saturated heterocycles. The van der Waals surface area contributed by atoms with E-state index in [-0.39, 0.29) is 0 Å². The van der Waals surface area contributed by atoms with Crippen LogP contribution in [-0.2, 0) is 0 Å². The molecule has 2 aromatic heterocycles. The van der Waals surface area contributed by atoms with E-state index in [2.05, 4.69) is 15.2 Å². The Morgan fingerprint density at radius 3 is 2.59 bits per heavy atom. The zero-order chi connectivity index (χ0) is 19.6. The fourth-order valence-corrected chi connectivity index (χ4v) is 4.00. The van der Waals surface area contributed by atoms with Crippen LogP contribution in [0.5, 0.6) is 0 Å². The molecule has 5 rings (SSSR count). The van der Waals surface area contributed by atoms with Crippen molar-refractivity contribution < 1.29 is 9.21 Å². The van der Waals surface area contributed by atoms with Crippen molar-refractivity contribution in [2.45, 2.75) is 12.8 Å². The highest BCUT2D eigenvalue weighted by atomic mass is 16.3. The summed E-state index contributed by atoms with van der Waals surface area (Å²) in [5.74, 6) is 1.60. The molecule has 3 heterocycles. The maximum absolute atomic E-state index is 11.8. The topological polar surface area (TPSA) is 71.3 Å². The lowest BCUT2D eigenvalue weighted by molar-refractivity contribution is 0.112. The molecule has 0 amide bonds. The van der Waals surface area contributed by atoms with Gasteiger partial charge in [-0.2, -0.15) is 0 Å². The predicted octanol–water partition coefficient (Wildman–Crippen LogP) is 4.36. The SMILES string of the molecule is O=Cc1c(-c2nc(NCCN3CCCC3)c3ccccc3n2)oc2ccccc12. The molecule has 6 nitrogen and oxygen atoms in total. The third-order valence-corrected chi connectivity index (χ3v) is 5.48. The minimum atomic E-state index is 0.412. The van der Waals surface area contributed by atoms with Crippen LogP contribution in [-0.4, -0.2) is 47.3 Å². The summed E-state index contributed by atoms with van der Waals surface area (Å²) in [5.41, 5.74) is 1.96. The number of rotatable bonds is 6. The molecular weight excluding hydrogens is 364 g/mol. The lowest BCUT2D eigenvalue weighted by Gasteiger charge is -2.16. The first kappa shape index (κ1) is 17.8. The van der Waals surface area contributed by atoms with Crippen molar-refractivity contribution in [3.63, 3.8) is 0 Å². The van der Waals surface area contributed by atoms with Gasteiger partial charge in [0.05, 0.1) is 11.1 Å². The molecule has 1 aliphatic rings. The van der Waals surface area contributed by atoms with E-state index in [1.54, 1.807) is 0 Å². The van der Waals surface area contributed by atoms with Crippen molar-refractivity contribution in [2.75, 3.05) is 31.5 Å². The highest BCUT2D eigenvalue weighted by Crippen LogP contribution is 2.32. The van der Waals surface area contributed by atoms with Crippen molar-refractivity contribution >= 4 is 34.0 Å². The van der Waals surface area contributed by atoms with Crippen LogP contribution in [0.3, 0.4) is 0 Å². The molecule has 1 fully saturated rings. The molecule has 2 aromatic carbocycles. The fraction of sp³-hybridized carbons (Fsp3) is 0.261. The third-order valence-electron chi connectivity index (χ3n) is 5.48. The number of carbonyl (C=O) groups excluding carboxylic acids is 1. The molecule has 4 aromatic rings. The summed E-state index contributed by atoms with van der Waals surface area (Å²) < 4.78 is 5.97. The Kier molecular flexibility index (Phi) is 4.69. The van der Waals surface area contributed by atoms with Crippen LogP contribution in [0.1, 0.15) is 23.2 Å². The van der Waals surface area contributed by atoms with Gasteiger partial charge in [-0.3, -0.25) is 4.79 Å². The first-order valence-electron chi connectivity index (χ1n) is 10.0. The van der Waals surface area contributed by atoms with Crippen LogP contribution < -0.4 is 5.32 Å². The number of fused-ring (bicyclic) bond motifs is 2. The highest BCUT2D eigenvalue weighted by molar-refractivity contribution is 6.02. The number of likely N-dealkylation sites (tertiary alicyclic amines) is 1. The van der Waals surface area contributed by atoms with Crippen LogP contribution in [0.25, 0.3) is 33.5 Å². The summed E-state index contributed by atoms with van der Waals surface area (Å²) in [6.07, 6.45) is 3.38. The Balaban J connectivity index is 1.55. The van der Waals surface area contributed by atoms with Gasteiger partial charge >= 0.3 is 0 Å². The molecule has 0 atom stereocenters. The molecule has 0 unspecified atom stereocenters. The van der Waals surface area contributed by atoms with Crippen molar-refractivity contribution in [1.29, 1.82) is 0 Å². The standard InChI is InChI=1S/C23H22N4O2/c28-15-18-16-7-2-4-10-20(16)29-21(18)23-25-19-9-3-1-8-17(19)22(26-23)24-11-14-27-12-5-6-13-27/h1-4,7-10,15H,5-6,11-14H2,(H,24,25,26). The quantitative estimate of drug-likeness (QED) is 0.497. The summed E-state index contributed by atoms with van der Waals surface area (Å²) in [6, 6.07) is 15.4. The van der Waals surface area contributed by atoms with Crippen LogP contribution in [0.15, 0.2) is 52.9 Å². The molecule has 1 N–H and O–H groups in total. The smallest absolute Gasteiger partial charge is 0.199 e.